The van der Waals surface area contributed by atoms with E-state index in [4.69, 9.17) is 0 Å². The van der Waals surface area contributed by atoms with Gasteiger partial charge in [0.15, 0.2) is 5.78 Å². The Kier molecular flexibility index (Phi) is 6.01. The summed E-state index contributed by atoms with van der Waals surface area (Å²) in [6, 6.07) is 29.1. The Hall–Kier alpha value is -3.23. The van der Waals surface area contributed by atoms with Gasteiger partial charge in [0.05, 0.1) is 0 Å². The van der Waals surface area contributed by atoms with Crippen molar-refractivity contribution >= 4 is 37.3 Å². The van der Waals surface area contributed by atoms with Gasteiger partial charge in [0, 0.05) is 31.3 Å². The molecular formula is C29H26OS. The summed E-state index contributed by atoms with van der Waals surface area (Å²) in [4.78, 5) is 12.0. The van der Waals surface area contributed by atoms with Gasteiger partial charge in [-0.3, -0.25) is 4.79 Å². The van der Waals surface area contributed by atoms with Crippen molar-refractivity contribution in [3.8, 4) is 11.1 Å². The molecule has 1 aliphatic carbocycles. The molecule has 1 nitrogen and oxygen atoms in total. The highest BCUT2D eigenvalue weighted by atomic mass is 32.1. The molecule has 4 aromatic carbocycles. The Balaban J connectivity index is 0.000000139. The second kappa shape index (κ2) is 8.87. The highest BCUT2D eigenvalue weighted by molar-refractivity contribution is 7.25. The summed E-state index contributed by atoms with van der Waals surface area (Å²) in [5.74, 6) is 0.157. The molecule has 6 rings (SSSR count). The second-order valence-electron chi connectivity index (χ2n) is 7.52. The fourth-order valence-corrected chi connectivity index (χ4v) is 5.07. The summed E-state index contributed by atoms with van der Waals surface area (Å²) in [5.41, 5.74) is 6.28. The van der Waals surface area contributed by atoms with Crippen LogP contribution in [0.1, 0.15) is 40.9 Å². The van der Waals surface area contributed by atoms with Crippen molar-refractivity contribution in [2.45, 2.75) is 27.7 Å². The smallest absolute Gasteiger partial charge is 0.194 e. The van der Waals surface area contributed by atoms with E-state index in [1.54, 1.807) is 0 Å². The zero-order chi connectivity index (χ0) is 22.0. The van der Waals surface area contributed by atoms with Crippen LogP contribution in [-0.2, 0) is 0 Å². The SMILES string of the molecule is CC.Cc1ccc2c(c1)C(=O)c1ccccc1-2.Cc1ccc2sc3ccccc3c2c1. The van der Waals surface area contributed by atoms with Crippen molar-refractivity contribution in [3.63, 3.8) is 0 Å². The van der Waals surface area contributed by atoms with Crippen LogP contribution in [0.4, 0.5) is 0 Å². The molecule has 0 saturated heterocycles. The quantitative estimate of drug-likeness (QED) is 0.239. The lowest BCUT2D eigenvalue weighted by Crippen LogP contribution is -1.94. The number of hydrogen-bond donors (Lipinski definition) is 0. The molecular weight excluding hydrogens is 396 g/mol. The summed E-state index contributed by atoms with van der Waals surface area (Å²) >= 11 is 1.87. The minimum Gasteiger partial charge on any atom is -0.289 e. The molecule has 0 fully saturated rings. The van der Waals surface area contributed by atoms with Gasteiger partial charge in [0.1, 0.15) is 0 Å². The molecule has 1 heterocycles. The molecule has 1 aromatic heterocycles. The molecule has 0 saturated carbocycles. The van der Waals surface area contributed by atoms with E-state index < -0.39 is 0 Å². The number of carbonyl (C=O) groups is 1. The van der Waals surface area contributed by atoms with Crippen LogP contribution in [0, 0.1) is 13.8 Å². The number of rotatable bonds is 0. The fraction of sp³-hybridized carbons (Fsp3) is 0.138. The molecule has 0 aliphatic heterocycles. The predicted octanol–water partition coefficient (Wildman–Crippen LogP) is 8.60. The molecule has 0 unspecified atom stereocenters. The topological polar surface area (TPSA) is 17.1 Å². The van der Waals surface area contributed by atoms with Gasteiger partial charge < -0.3 is 0 Å². The average molecular weight is 423 g/mol. The van der Waals surface area contributed by atoms with Crippen LogP contribution < -0.4 is 0 Å². The second-order valence-corrected chi connectivity index (χ2v) is 8.61. The zero-order valence-electron chi connectivity index (χ0n) is 18.4. The molecule has 31 heavy (non-hydrogen) atoms. The van der Waals surface area contributed by atoms with E-state index in [0.29, 0.717) is 0 Å². The maximum atomic E-state index is 12.0. The maximum Gasteiger partial charge on any atom is 0.194 e. The third-order valence-corrected chi connectivity index (χ3v) is 6.57. The van der Waals surface area contributed by atoms with Crippen LogP contribution in [0.25, 0.3) is 31.3 Å². The van der Waals surface area contributed by atoms with Gasteiger partial charge in [-0.2, -0.15) is 0 Å². The zero-order valence-corrected chi connectivity index (χ0v) is 19.2. The van der Waals surface area contributed by atoms with Gasteiger partial charge in [-0.25, -0.2) is 0 Å². The van der Waals surface area contributed by atoms with Gasteiger partial charge in [-0.15, -0.1) is 11.3 Å². The Morgan fingerprint density at radius 2 is 1.13 bits per heavy atom. The highest BCUT2D eigenvalue weighted by Crippen LogP contribution is 2.36. The lowest BCUT2D eigenvalue weighted by atomic mass is 10.0. The lowest BCUT2D eigenvalue weighted by molar-refractivity contribution is 0.104. The Labute approximate surface area is 188 Å². The number of carbonyl (C=O) groups excluding carboxylic acids is 1. The van der Waals surface area contributed by atoms with Gasteiger partial charge in [-0.05, 0) is 49.2 Å². The first-order valence-corrected chi connectivity index (χ1v) is 11.6. The molecule has 0 spiro atoms. The first kappa shape index (κ1) is 21.0. The van der Waals surface area contributed by atoms with Crippen LogP contribution in [0.3, 0.4) is 0 Å². The van der Waals surface area contributed by atoms with Gasteiger partial charge in [0.2, 0.25) is 0 Å². The van der Waals surface area contributed by atoms with E-state index in [1.165, 1.54) is 25.7 Å². The van der Waals surface area contributed by atoms with Crippen LogP contribution in [0.5, 0.6) is 0 Å². The monoisotopic (exact) mass is 422 g/mol. The van der Waals surface area contributed by atoms with Gasteiger partial charge in [-0.1, -0.05) is 85.6 Å². The molecule has 0 radical (unpaired) electrons. The van der Waals surface area contributed by atoms with Gasteiger partial charge >= 0.3 is 0 Å². The van der Waals surface area contributed by atoms with Crippen molar-refractivity contribution in [2.75, 3.05) is 0 Å². The number of aryl methyl sites for hydroxylation is 2. The first-order chi connectivity index (χ1) is 15.1. The largest absolute Gasteiger partial charge is 0.289 e. The summed E-state index contributed by atoms with van der Waals surface area (Å²) in [6.07, 6.45) is 0. The standard InChI is InChI=1S/C14H10O.C13H10S.C2H6/c1-9-6-7-11-10-4-2-3-5-12(10)14(15)13(11)8-9;1-9-6-7-13-11(8-9)10-4-2-3-5-12(10)14-13;1-2/h2-8H,1H3;2-8H,1H3;1-2H3. The van der Waals surface area contributed by atoms with Crippen LogP contribution >= 0.6 is 11.3 Å². The van der Waals surface area contributed by atoms with Crippen molar-refractivity contribution < 1.29 is 4.79 Å². The van der Waals surface area contributed by atoms with Crippen molar-refractivity contribution in [1.29, 1.82) is 0 Å². The average Bonchev–Trinajstić information content (AvgIpc) is 3.31. The van der Waals surface area contributed by atoms with Crippen molar-refractivity contribution in [2.24, 2.45) is 0 Å². The van der Waals surface area contributed by atoms with E-state index in [0.717, 1.165) is 27.8 Å². The Morgan fingerprint density at radius 1 is 0.548 bits per heavy atom. The van der Waals surface area contributed by atoms with Crippen LogP contribution in [0.15, 0.2) is 84.9 Å². The predicted molar refractivity (Wildman–Crippen MR) is 135 cm³/mol. The molecule has 1 aliphatic rings. The van der Waals surface area contributed by atoms with Crippen LogP contribution in [-0.4, -0.2) is 5.78 Å². The molecule has 0 bridgehead atoms. The summed E-state index contributed by atoms with van der Waals surface area (Å²) in [7, 11) is 0. The summed E-state index contributed by atoms with van der Waals surface area (Å²) < 4.78 is 2.77. The molecule has 0 amide bonds. The Morgan fingerprint density at radius 3 is 1.94 bits per heavy atom. The van der Waals surface area contributed by atoms with E-state index in [-0.39, 0.29) is 5.78 Å². The number of thiophene rings is 1. The third kappa shape index (κ3) is 3.92. The number of benzene rings is 4. The summed E-state index contributed by atoms with van der Waals surface area (Å²) in [6.45, 7) is 8.16. The molecule has 0 atom stereocenters. The molecule has 0 N–H and O–H groups in total. The van der Waals surface area contributed by atoms with Crippen LogP contribution in [0.2, 0.25) is 0 Å². The van der Waals surface area contributed by atoms with E-state index in [2.05, 4.69) is 49.4 Å². The first-order valence-electron chi connectivity index (χ1n) is 10.7. The summed E-state index contributed by atoms with van der Waals surface area (Å²) in [5, 5.41) is 2.78. The maximum absolute atomic E-state index is 12.0. The van der Waals surface area contributed by atoms with Crippen molar-refractivity contribution in [1.82, 2.24) is 0 Å². The number of fused-ring (bicyclic) bond motifs is 6. The molecule has 154 valence electrons. The van der Waals surface area contributed by atoms with E-state index in [9.17, 15) is 4.79 Å². The number of hydrogen-bond acceptors (Lipinski definition) is 2. The van der Waals surface area contributed by atoms with Gasteiger partial charge in [0.25, 0.3) is 0 Å². The fourth-order valence-electron chi connectivity index (χ4n) is 3.98. The third-order valence-electron chi connectivity index (χ3n) is 5.41. The lowest BCUT2D eigenvalue weighted by Gasteiger charge is -1.99. The van der Waals surface area contributed by atoms with E-state index in [1.807, 2.05) is 74.6 Å². The normalized spacial score (nSPS) is 11.3. The Bertz CT molecular complexity index is 1390. The molecule has 2 heteroatoms. The van der Waals surface area contributed by atoms with E-state index >= 15 is 0 Å². The molecule has 5 aromatic rings. The minimum absolute atomic E-state index is 0.157. The van der Waals surface area contributed by atoms with Crippen molar-refractivity contribution in [3.05, 3.63) is 107 Å². The highest BCUT2D eigenvalue weighted by Gasteiger charge is 2.25. The number of ketones is 1. The minimum atomic E-state index is 0.157.